The van der Waals surface area contributed by atoms with E-state index < -0.39 is 6.10 Å². The fourth-order valence-electron chi connectivity index (χ4n) is 3.12. The number of aromatic hydroxyl groups is 1. The summed E-state index contributed by atoms with van der Waals surface area (Å²) >= 11 is 0. The van der Waals surface area contributed by atoms with E-state index in [4.69, 9.17) is 4.74 Å². The molecule has 3 rings (SSSR count). The standard InChI is InChI=1S/C24H28N2O4/c1-30-22-9-7-21(8-10-22)26-20-5-2-17(3-6-20)12-13-25-15-24(29)18-4-11-23(28)19(14-18)16-27/h2-11,14,24-29H,12-13,15-16H2,1H3/t24-/m0/s1. The van der Waals surface area contributed by atoms with Gasteiger partial charge in [0, 0.05) is 23.5 Å². The van der Waals surface area contributed by atoms with Gasteiger partial charge in [-0.15, -0.1) is 0 Å². The number of rotatable bonds is 10. The molecular weight excluding hydrogens is 380 g/mol. The summed E-state index contributed by atoms with van der Waals surface area (Å²) in [5, 5.41) is 35.7. The molecule has 0 saturated heterocycles. The second-order valence-corrected chi connectivity index (χ2v) is 7.07. The Bertz CT molecular complexity index is 927. The van der Waals surface area contributed by atoms with Crippen LogP contribution in [0.3, 0.4) is 0 Å². The number of nitrogens with one attached hydrogen (secondary N) is 2. The summed E-state index contributed by atoms with van der Waals surface area (Å²) in [5.74, 6) is 0.860. The summed E-state index contributed by atoms with van der Waals surface area (Å²) in [6, 6.07) is 20.8. The second-order valence-electron chi connectivity index (χ2n) is 7.07. The van der Waals surface area contributed by atoms with Crippen molar-refractivity contribution in [2.45, 2.75) is 19.1 Å². The summed E-state index contributed by atoms with van der Waals surface area (Å²) in [6.07, 6.45) is 0.138. The highest BCUT2D eigenvalue weighted by Crippen LogP contribution is 2.22. The van der Waals surface area contributed by atoms with Crippen molar-refractivity contribution in [1.29, 1.82) is 0 Å². The molecule has 0 radical (unpaired) electrons. The number of phenols is 1. The Morgan fingerprint density at radius 3 is 2.23 bits per heavy atom. The van der Waals surface area contributed by atoms with Gasteiger partial charge in [-0.2, -0.15) is 0 Å². The number of hydrogen-bond acceptors (Lipinski definition) is 6. The number of aliphatic hydroxyl groups is 2. The molecule has 0 amide bonds. The number of aliphatic hydroxyl groups excluding tert-OH is 2. The van der Waals surface area contributed by atoms with Crippen LogP contribution in [0.1, 0.15) is 22.8 Å². The molecule has 30 heavy (non-hydrogen) atoms. The molecule has 0 aliphatic rings. The van der Waals surface area contributed by atoms with Gasteiger partial charge in [0.1, 0.15) is 11.5 Å². The predicted octanol–water partition coefficient (Wildman–Crippen LogP) is 3.50. The van der Waals surface area contributed by atoms with Crippen molar-refractivity contribution in [2.24, 2.45) is 0 Å². The second kappa shape index (κ2) is 10.6. The minimum Gasteiger partial charge on any atom is -0.508 e. The molecule has 0 unspecified atom stereocenters. The Balaban J connectivity index is 1.43. The topological polar surface area (TPSA) is 94.0 Å². The maximum absolute atomic E-state index is 10.3. The highest BCUT2D eigenvalue weighted by atomic mass is 16.5. The van der Waals surface area contributed by atoms with Crippen LogP contribution in [0, 0.1) is 0 Å². The smallest absolute Gasteiger partial charge is 0.121 e. The zero-order valence-electron chi connectivity index (χ0n) is 17.0. The van der Waals surface area contributed by atoms with E-state index >= 15 is 0 Å². The largest absolute Gasteiger partial charge is 0.508 e. The molecule has 158 valence electrons. The molecule has 6 nitrogen and oxygen atoms in total. The molecule has 1 atom stereocenters. The van der Waals surface area contributed by atoms with Gasteiger partial charge in [0.05, 0.1) is 19.8 Å². The number of methoxy groups -OCH3 is 1. The lowest BCUT2D eigenvalue weighted by atomic mass is 10.1. The van der Waals surface area contributed by atoms with E-state index in [2.05, 4.69) is 22.8 Å². The van der Waals surface area contributed by atoms with Crippen molar-refractivity contribution in [2.75, 3.05) is 25.5 Å². The van der Waals surface area contributed by atoms with Crippen LogP contribution in [0.4, 0.5) is 11.4 Å². The first-order valence-electron chi connectivity index (χ1n) is 9.90. The molecule has 0 aliphatic heterocycles. The highest BCUT2D eigenvalue weighted by Gasteiger charge is 2.10. The Morgan fingerprint density at radius 1 is 0.933 bits per heavy atom. The van der Waals surface area contributed by atoms with Crippen molar-refractivity contribution >= 4 is 11.4 Å². The molecule has 0 fully saturated rings. The maximum Gasteiger partial charge on any atom is 0.121 e. The third kappa shape index (κ3) is 5.97. The monoisotopic (exact) mass is 408 g/mol. The van der Waals surface area contributed by atoms with Gasteiger partial charge >= 0.3 is 0 Å². The summed E-state index contributed by atoms with van der Waals surface area (Å²) in [4.78, 5) is 0. The van der Waals surface area contributed by atoms with E-state index in [1.807, 2.05) is 36.4 Å². The average molecular weight is 408 g/mol. The Labute approximate surface area is 176 Å². The SMILES string of the molecule is COc1ccc(Nc2ccc(CCNC[C@H](O)c3ccc(O)c(CO)c3)cc2)cc1. The van der Waals surface area contributed by atoms with Crippen LogP contribution in [0.5, 0.6) is 11.5 Å². The number of anilines is 2. The number of hydrogen-bond donors (Lipinski definition) is 5. The minimum absolute atomic E-state index is 0.0336. The van der Waals surface area contributed by atoms with Gasteiger partial charge in [0.25, 0.3) is 0 Å². The van der Waals surface area contributed by atoms with E-state index in [1.54, 1.807) is 19.2 Å². The Kier molecular flexibility index (Phi) is 7.68. The summed E-state index contributed by atoms with van der Waals surface area (Å²) < 4.78 is 5.17. The highest BCUT2D eigenvalue weighted by molar-refractivity contribution is 5.60. The summed E-state index contributed by atoms with van der Waals surface area (Å²) in [7, 11) is 1.65. The molecular formula is C24H28N2O4. The first kappa shape index (κ1) is 21.6. The fourth-order valence-corrected chi connectivity index (χ4v) is 3.12. The van der Waals surface area contributed by atoms with Crippen molar-refractivity contribution < 1.29 is 20.1 Å². The van der Waals surface area contributed by atoms with Gasteiger partial charge in [-0.3, -0.25) is 0 Å². The minimum atomic E-state index is -0.702. The lowest BCUT2D eigenvalue weighted by molar-refractivity contribution is 0.174. The lowest BCUT2D eigenvalue weighted by Gasteiger charge is -2.14. The van der Waals surface area contributed by atoms with Crippen LogP contribution >= 0.6 is 0 Å². The first-order valence-corrected chi connectivity index (χ1v) is 9.90. The predicted molar refractivity (Wildman–Crippen MR) is 118 cm³/mol. The Morgan fingerprint density at radius 2 is 1.60 bits per heavy atom. The van der Waals surface area contributed by atoms with E-state index in [1.165, 1.54) is 11.6 Å². The molecule has 0 spiro atoms. The van der Waals surface area contributed by atoms with Crippen molar-refractivity contribution in [3.05, 3.63) is 83.4 Å². The molecule has 0 bridgehead atoms. The van der Waals surface area contributed by atoms with Crippen LogP contribution < -0.4 is 15.4 Å². The molecule has 0 aromatic heterocycles. The molecule has 0 saturated carbocycles. The third-order valence-corrected chi connectivity index (χ3v) is 4.92. The molecule has 0 heterocycles. The third-order valence-electron chi connectivity index (χ3n) is 4.92. The fraction of sp³-hybridized carbons (Fsp3) is 0.250. The molecule has 5 N–H and O–H groups in total. The van der Waals surface area contributed by atoms with Crippen molar-refractivity contribution in [1.82, 2.24) is 5.32 Å². The van der Waals surface area contributed by atoms with Gasteiger partial charge in [0.15, 0.2) is 0 Å². The van der Waals surface area contributed by atoms with E-state index in [0.717, 1.165) is 30.1 Å². The van der Waals surface area contributed by atoms with Crippen molar-refractivity contribution in [3.8, 4) is 11.5 Å². The van der Waals surface area contributed by atoms with Gasteiger partial charge in [-0.1, -0.05) is 18.2 Å². The maximum atomic E-state index is 10.3. The quantitative estimate of drug-likeness (QED) is 0.330. The van der Waals surface area contributed by atoms with E-state index in [0.29, 0.717) is 17.7 Å². The van der Waals surface area contributed by atoms with Gasteiger partial charge < -0.3 is 30.7 Å². The van der Waals surface area contributed by atoms with Gasteiger partial charge in [0.2, 0.25) is 0 Å². The van der Waals surface area contributed by atoms with Crippen LogP contribution in [0.2, 0.25) is 0 Å². The normalized spacial score (nSPS) is 11.8. The van der Waals surface area contributed by atoms with E-state index in [-0.39, 0.29) is 12.4 Å². The van der Waals surface area contributed by atoms with Crippen molar-refractivity contribution in [3.63, 3.8) is 0 Å². The average Bonchev–Trinajstić information content (AvgIpc) is 2.78. The van der Waals surface area contributed by atoms with Crippen LogP contribution in [0.15, 0.2) is 66.7 Å². The Hall–Kier alpha value is -3.06. The van der Waals surface area contributed by atoms with Gasteiger partial charge in [-0.05, 0) is 72.6 Å². The van der Waals surface area contributed by atoms with Crippen LogP contribution in [0.25, 0.3) is 0 Å². The molecule has 0 aliphatic carbocycles. The summed E-state index contributed by atoms with van der Waals surface area (Å²) in [5.41, 5.74) is 4.29. The summed E-state index contributed by atoms with van der Waals surface area (Å²) in [6.45, 7) is 0.864. The lowest BCUT2D eigenvalue weighted by Crippen LogP contribution is -2.23. The molecule has 6 heteroatoms. The van der Waals surface area contributed by atoms with Crippen LogP contribution in [-0.2, 0) is 13.0 Å². The first-order chi connectivity index (χ1) is 14.6. The van der Waals surface area contributed by atoms with Crippen LogP contribution in [-0.4, -0.2) is 35.5 Å². The van der Waals surface area contributed by atoms with E-state index in [9.17, 15) is 15.3 Å². The number of benzene rings is 3. The van der Waals surface area contributed by atoms with Gasteiger partial charge in [-0.25, -0.2) is 0 Å². The zero-order chi connectivity index (χ0) is 21.3. The zero-order valence-corrected chi connectivity index (χ0v) is 17.0. The molecule has 3 aromatic rings. The molecule has 3 aromatic carbocycles. The number of ether oxygens (including phenoxy) is 1.